The monoisotopic (exact) mass is 382 g/mol. The predicted octanol–water partition coefficient (Wildman–Crippen LogP) is 3.27. The van der Waals surface area contributed by atoms with Crippen molar-refractivity contribution in [3.8, 4) is 0 Å². The van der Waals surface area contributed by atoms with Crippen molar-refractivity contribution < 1.29 is 9.59 Å². The van der Waals surface area contributed by atoms with E-state index < -0.39 is 0 Å². The molecule has 0 saturated heterocycles. The third-order valence-corrected chi connectivity index (χ3v) is 5.08. The second-order valence-electron chi connectivity index (χ2n) is 7.75. The minimum Gasteiger partial charge on any atom is -0.349 e. The number of nitrogens with zero attached hydrogens (tertiary/aromatic N) is 3. The summed E-state index contributed by atoms with van der Waals surface area (Å²) >= 11 is 0. The van der Waals surface area contributed by atoms with Crippen LogP contribution >= 0.6 is 0 Å². The quantitative estimate of drug-likeness (QED) is 0.799. The lowest BCUT2D eigenvalue weighted by molar-refractivity contribution is 0.0745. The van der Waals surface area contributed by atoms with Crippen LogP contribution < -0.4 is 5.32 Å². The fourth-order valence-corrected chi connectivity index (χ4v) is 3.54. The third-order valence-electron chi connectivity index (χ3n) is 5.08. The molecule has 0 spiro atoms. The Hall–Kier alpha value is -2.63. The zero-order valence-corrected chi connectivity index (χ0v) is 17.1. The van der Waals surface area contributed by atoms with Crippen LogP contribution in [0.4, 0.5) is 0 Å². The van der Waals surface area contributed by atoms with E-state index in [-0.39, 0.29) is 11.8 Å². The second-order valence-corrected chi connectivity index (χ2v) is 7.75. The van der Waals surface area contributed by atoms with E-state index in [4.69, 9.17) is 0 Å². The fourth-order valence-electron chi connectivity index (χ4n) is 3.54. The van der Waals surface area contributed by atoms with Gasteiger partial charge in [0.2, 0.25) is 0 Å². The van der Waals surface area contributed by atoms with Crippen LogP contribution in [0.2, 0.25) is 0 Å². The van der Waals surface area contributed by atoms with Gasteiger partial charge >= 0.3 is 0 Å². The lowest BCUT2D eigenvalue weighted by Crippen LogP contribution is -2.31. The maximum absolute atomic E-state index is 13.3. The lowest BCUT2D eigenvalue weighted by Gasteiger charge is -2.22. The molecule has 6 nitrogen and oxygen atoms in total. The molecule has 2 aromatic rings. The van der Waals surface area contributed by atoms with Crippen molar-refractivity contribution in [2.24, 2.45) is 5.92 Å². The van der Waals surface area contributed by atoms with E-state index in [9.17, 15) is 9.59 Å². The number of hydrogen-bond acceptors (Lipinski definition) is 3. The van der Waals surface area contributed by atoms with Crippen molar-refractivity contribution in [1.29, 1.82) is 0 Å². The molecule has 1 aromatic carbocycles. The second kappa shape index (κ2) is 9.04. The molecule has 3 rings (SSSR count). The SMILES string of the molecule is CCN(Cc1ccccc1)C(=O)c1nc(C(=O)NCC(C)C)n2c1CCCC2. The number of aromatic nitrogens is 2. The van der Waals surface area contributed by atoms with Crippen molar-refractivity contribution in [3.63, 3.8) is 0 Å². The highest BCUT2D eigenvalue weighted by Crippen LogP contribution is 2.23. The third kappa shape index (κ3) is 4.43. The van der Waals surface area contributed by atoms with Crippen LogP contribution in [0.15, 0.2) is 30.3 Å². The maximum Gasteiger partial charge on any atom is 0.287 e. The predicted molar refractivity (Wildman–Crippen MR) is 109 cm³/mol. The summed E-state index contributed by atoms with van der Waals surface area (Å²) in [6.45, 7) is 8.55. The van der Waals surface area contributed by atoms with E-state index in [0.717, 1.165) is 37.1 Å². The summed E-state index contributed by atoms with van der Waals surface area (Å²) < 4.78 is 1.95. The van der Waals surface area contributed by atoms with E-state index in [1.54, 1.807) is 4.90 Å². The van der Waals surface area contributed by atoms with Gasteiger partial charge in [0.15, 0.2) is 5.82 Å². The van der Waals surface area contributed by atoms with Gasteiger partial charge in [0.05, 0.1) is 5.69 Å². The average Bonchev–Trinajstić information content (AvgIpc) is 3.10. The van der Waals surface area contributed by atoms with Gasteiger partial charge in [-0.05, 0) is 37.7 Å². The highest BCUT2D eigenvalue weighted by molar-refractivity contribution is 5.97. The Balaban J connectivity index is 1.87. The van der Waals surface area contributed by atoms with E-state index in [1.165, 1.54) is 0 Å². The van der Waals surface area contributed by atoms with E-state index in [2.05, 4.69) is 24.1 Å². The van der Waals surface area contributed by atoms with Gasteiger partial charge in [-0.2, -0.15) is 0 Å². The van der Waals surface area contributed by atoms with Crippen LogP contribution in [0.3, 0.4) is 0 Å². The Bertz CT molecular complexity index is 827. The molecular weight excluding hydrogens is 352 g/mol. The Kier molecular flexibility index (Phi) is 6.49. The first-order valence-electron chi connectivity index (χ1n) is 10.2. The molecule has 0 radical (unpaired) electrons. The van der Waals surface area contributed by atoms with Gasteiger partial charge in [-0.3, -0.25) is 9.59 Å². The lowest BCUT2D eigenvalue weighted by atomic mass is 10.1. The number of benzene rings is 1. The van der Waals surface area contributed by atoms with E-state index in [0.29, 0.717) is 37.1 Å². The van der Waals surface area contributed by atoms with Crippen molar-refractivity contribution in [3.05, 3.63) is 53.1 Å². The molecule has 2 heterocycles. The standard InChI is InChI=1S/C22H30N4O2/c1-4-25(15-17-10-6-5-7-11-17)22(28)19-18-12-8-9-13-26(18)20(24-19)21(27)23-14-16(2)3/h5-7,10-11,16H,4,8-9,12-15H2,1-3H3,(H,23,27). The molecule has 2 amide bonds. The van der Waals surface area contributed by atoms with Gasteiger partial charge < -0.3 is 14.8 Å². The molecule has 0 unspecified atom stereocenters. The first-order chi connectivity index (χ1) is 13.5. The number of carbonyl (C=O) groups is 2. The smallest absolute Gasteiger partial charge is 0.287 e. The molecule has 1 aromatic heterocycles. The fraction of sp³-hybridized carbons (Fsp3) is 0.500. The van der Waals surface area contributed by atoms with Crippen molar-refractivity contribution in [2.75, 3.05) is 13.1 Å². The zero-order chi connectivity index (χ0) is 20.1. The summed E-state index contributed by atoms with van der Waals surface area (Å²) in [5.74, 6) is 0.443. The number of nitrogens with one attached hydrogen (secondary N) is 1. The van der Waals surface area contributed by atoms with Gasteiger partial charge in [0.25, 0.3) is 11.8 Å². The number of imidazole rings is 1. The summed E-state index contributed by atoms with van der Waals surface area (Å²) in [5.41, 5.74) is 2.42. The summed E-state index contributed by atoms with van der Waals surface area (Å²) in [7, 11) is 0. The van der Waals surface area contributed by atoms with Gasteiger partial charge in [-0.15, -0.1) is 0 Å². The van der Waals surface area contributed by atoms with Crippen LogP contribution in [-0.2, 0) is 19.5 Å². The summed E-state index contributed by atoms with van der Waals surface area (Å²) in [5, 5.41) is 2.94. The highest BCUT2D eigenvalue weighted by atomic mass is 16.2. The van der Waals surface area contributed by atoms with Crippen molar-refractivity contribution in [2.45, 2.75) is 53.1 Å². The number of rotatable bonds is 7. The molecule has 1 N–H and O–H groups in total. The molecule has 28 heavy (non-hydrogen) atoms. The van der Waals surface area contributed by atoms with Crippen LogP contribution in [0, 0.1) is 5.92 Å². The molecule has 0 fully saturated rings. The number of fused-ring (bicyclic) bond motifs is 1. The van der Waals surface area contributed by atoms with Crippen molar-refractivity contribution in [1.82, 2.24) is 19.8 Å². The molecule has 1 aliphatic rings. The maximum atomic E-state index is 13.3. The minimum atomic E-state index is -0.193. The molecular formula is C22H30N4O2. The molecule has 1 aliphatic heterocycles. The molecule has 0 bridgehead atoms. The van der Waals surface area contributed by atoms with Crippen molar-refractivity contribution >= 4 is 11.8 Å². The average molecular weight is 383 g/mol. The Morgan fingerprint density at radius 3 is 2.64 bits per heavy atom. The Morgan fingerprint density at radius 1 is 1.21 bits per heavy atom. The zero-order valence-electron chi connectivity index (χ0n) is 17.1. The molecule has 0 aliphatic carbocycles. The first-order valence-corrected chi connectivity index (χ1v) is 10.2. The molecule has 6 heteroatoms. The summed E-state index contributed by atoms with van der Waals surface area (Å²) in [4.78, 5) is 32.3. The topological polar surface area (TPSA) is 67.2 Å². The number of hydrogen-bond donors (Lipinski definition) is 1. The molecule has 150 valence electrons. The molecule has 0 atom stereocenters. The van der Waals surface area contributed by atoms with Crippen LogP contribution in [0.25, 0.3) is 0 Å². The first kappa shape index (κ1) is 20.1. The normalized spacial score (nSPS) is 13.3. The van der Waals surface area contributed by atoms with Gasteiger partial charge in [-0.1, -0.05) is 44.2 Å². The van der Waals surface area contributed by atoms with Gasteiger partial charge in [0.1, 0.15) is 5.69 Å². The summed E-state index contributed by atoms with van der Waals surface area (Å²) in [6.07, 6.45) is 2.81. The van der Waals surface area contributed by atoms with Crippen LogP contribution in [0.5, 0.6) is 0 Å². The Morgan fingerprint density at radius 2 is 1.96 bits per heavy atom. The van der Waals surface area contributed by atoms with Crippen LogP contribution in [0.1, 0.15) is 66.0 Å². The van der Waals surface area contributed by atoms with Gasteiger partial charge in [-0.25, -0.2) is 4.98 Å². The van der Waals surface area contributed by atoms with E-state index >= 15 is 0 Å². The van der Waals surface area contributed by atoms with E-state index in [1.807, 2.05) is 41.8 Å². The molecule has 0 saturated carbocycles. The largest absolute Gasteiger partial charge is 0.349 e. The van der Waals surface area contributed by atoms with Crippen LogP contribution in [-0.4, -0.2) is 39.4 Å². The van der Waals surface area contributed by atoms with Gasteiger partial charge in [0, 0.05) is 26.2 Å². The highest BCUT2D eigenvalue weighted by Gasteiger charge is 2.29. The number of amides is 2. The summed E-state index contributed by atoms with van der Waals surface area (Å²) in [6, 6.07) is 9.95. The number of carbonyl (C=O) groups excluding carboxylic acids is 2. The Labute approximate surface area is 166 Å². The minimum absolute atomic E-state index is 0.0973.